The minimum atomic E-state index is -0.792. The van der Waals surface area contributed by atoms with Crippen LogP contribution in [0.4, 0.5) is 0 Å². The highest BCUT2D eigenvalue weighted by Gasteiger charge is 2.19. The van der Waals surface area contributed by atoms with E-state index in [1.807, 2.05) is 0 Å². The van der Waals surface area contributed by atoms with E-state index in [0.29, 0.717) is 19.3 Å². The normalized spacial score (nSPS) is 12.8. The number of ether oxygens (including phenoxy) is 3. The molecule has 0 aliphatic heterocycles. The Labute approximate surface area is 489 Å². The highest BCUT2D eigenvalue weighted by molar-refractivity contribution is 5.71. The number of unbranched alkanes of at least 4 members (excludes halogenated alkanes) is 31. The van der Waals surface area contributed by atoms with Crippen LogP contribution in [0.3, 0.4) is 0 Å². The zero-order valence-electron chi connectivity index (χ0n) is 51.9. The fraction of sp³-hybridized carbons (Fsp3) is 0.712. The van der Waals surface area contributed by atoms with Gasteiger partial charge in [0, 0.05) is 19.3 Å². The first-order valence-electron chi connectivity index (χ1n) is 33.4. The van der Waals surface area contributed by atoms with Gasteiger partial charge in [0.2, 0.25) is 0 Å². The van der Waals surface area contributed by atoms with E-state index in [1.54, 1.807) is 0 Å². The van der Waals surface area contributed by atoms with Crippen LogP contribution in [-0.2, 0) is 28.6 Å². The number of rotatable bonds is 60. The van der Waals surface area contributed by atoms with Gasteiger partial charge in [-0.1, -0.05) is 278 Å². The highest BCUT2D eigenvalue weighted by atomic mass is 16.6. The van der Waals surface area contributed by atoms with E-state index in [0.717, 1.165) is 122 Å². The third-order valence-electron chi connectivity index (χ3n) is 14.2. The molecular formula is C73H124O6. The van der Waals surface area contributed by atoms with Crippen molar-refractivity contribution >= 4 is 17.9 Å². The molecule has 1 atom stereocenters. The largest absolute Gasteiger partial charge is 0.462 e. The van der Waals surface area contributed by atoms with Crippen LogP contribution in [0.5, 0.6) is 0 Å². The minimum absolute atomic E-state index is 0.0877. The van der Waals surface area contributed by atoms with Crippen LogP contribution in [0.25, 0.3) is 0 Å². The molecule has 0 saturated carbocycles. The first-order chi connectivity index (χ1) is 39.0. The SMILES string of the molecule is CC/C=C\C/C=C\C/C=C\C/C=C\C/C=C\C/C=C\CCCCCCCCC(=O)OCC(COC(=O)CCCCCCCCC/C=C\C/C=C\CCCCC)OC(=O)CCCCCCCCCCC/C=C\CCCCCCCC. The Morgan fingerprint density at radius 1 is 0.266 bits per heavy atom. The zero-order valence-corrected chi connectivity index (χ0v) is 51.9. The summed E-state index contributed by atoms with van der Waals surface area (Å²) in [5, 5.41) is 0. The summed E-state index contributed by atoms with van der Waals surface area (Å²) in [6.07, 6.45) is 90.9. The van der Waals surface area contributed by atoms with Crippen LogP contribution in [0.2, 0.25) is 0 Å². The second-order valence-corrected chi connectivity index (χ2v) is 22.0. The number of hydrogen-bond donors (Lipinski definition) is 0. The Hall–Kier alpha value is -3.93. The zero-order chi connectivity index (χ0) is 57.1. The van der Waals surface area contributed by atoms with Gasteiger partial charge in [0.05, 0.1) is 0 Å². The number of carbonyl (C=O) groups is 3. The molecule has 6 heteroatoms. The van der Waals surface area contributed by atoms with Crippen molar-refractivity contribution in [1.82, 2.24) is 0 Å². The lowest BCUT2D eigenvalue weighted by Crippen LogP contribution is -2.30. The molecule has 0 rings (SSSR count). The van der Waals surface area contributed by atoms with E-state index in [9.17, 15) is 14.4 Å². The molecule has 0 saturated heterocycles. The summed E-state index contributed by atoms with van der Waals surface area (Å²) in [6.45, 7) is 6.51. The van der Waals surface area contributed by atoms with Gasteiger partial charge in [-0.3, -0.25) is 14.4 Å². The Kier molecular flexibility index (Phi) is 63.3. The lowest BCUT2D eigenvalue weighted by atomic mass is 10.1. The van der Waals surface area contributed by atoms with Gasteiger partial charge < -0.3 is 14.2 Å². The molecule has 0 aromatic heterocycles. The van der Waals surface area contributed by atoms with Gasteiger partial charge in [0.1, 0.15) is 13.2 Å². The van der Waals surface area contributed by atoms with Crippen molar-refractivity contribution in [2.24, 2.45) is 0 Å². The standard InChI is InChI=1S/C73H124O6/c1-4-7-10-13-16-19-22-25-28-31-33-34-35-36-37-38-40-42-45-48-51-54-57-60-63-66-72(75)78-69-70(68-77-71(74)65-62-59-56-53-50-47-44-41-30-27-24-21-18-15-12-9-6-3)79-73(76)67-64-61-58-55-52-49-46-43-39-32-29-26-23-20-17-14-11-8-5-2/h7,10,16,18-19,21,25-30,33-34,36-37,40,42,70H,4-6,8-9,11-15,17,20,22-24,31-32,35,38-39,41,43-69H2,1-3H3/b10-7-,19-16-,21-18-,28-25-,29-26-,30-27-,34-33-,37-36-,42-40-. The molecule has 79 heavy (non-hydrogen) atoms. The molecule has 0 aromatic carbocycles. The topological polar surface area (TPSA) is 78.9 Å². The molecule has 6 nitrogen and oxygen atoms in total. The van der Waals surface area contributed by atoms with Gasteiger partial charge in [-0.05, 0) is 128 Å². The molecule has 0 aliphatic rings. The van der Waals surface area contributed by atoms with Crippen LogP contribution in [0, 0.1) is 0 Å². The summed E-state index contributed by atoms with van der Waals surface area (Å²) in [4.78, 5) is 38.4. The first kappa shape index (κ1) is 75.1. The van der Waals surface area contributed by atoms with Crippen LogP contribution < -0.4 is 0 Å². The number of esters is 3. The average molecular weight is 1100 g/mol. The maximum atomic E-state index is 12.9. The fourth-order valence-electron chi connectivity index (χ4n) is 9.24. The van der Waals surface area contributed by atoms with Crippen molar-refractivity contribution in [3.8, 4) is 0 Å². The van der Waals surface area contributed by atoms with Crippen molar-refractivity contribution in [2.75, 3.05) is 13.2 Å². The van der Waals surface area contributed by atoms with Gasteiger partial charge in [-0.25, -0.2) is 0 Å². The van der Waals surface area contributed by atoms with Crippen LogP contribution in [-0.4, -0.2) is 37.2 Å². The number of carbonyl (C=O) groups excluding carboxylic acids is 3. The maximum Gasteiger partial charge on any atom is 0.306 e. The Morgan fingerprint density at radius 3 is 0.810 bits per heavy atom. The van der Waals surface area contributed by atoms with Gasteiger partial charge in [0.25, 0.3) is 0 Å². The lowest BCUT2D eigenvalue weighted by Gasteiger charge is -2.18. The second kappa shape index (κ2) is 66.6. The molecule has 0 bridgehead atoms. The quantitative estimate of drug-likeness (QED) is 0.0261. The summed E-state index contributed by atoms with van der Waals surface area (Å²) >= 11 is 0. The van der Waals surface area contributed by atoms with Gasteiger partial charge in [-0.2, -0.15) is 0 Å². The summed E-state index contributed by atoms with van der Waals surface area (Å²) in [5.74, 6) is -0.902. The van der Waals surface area contributed by atoms with Crippen molar-refractivity contribution in [1.29, 1.82) is 0 Å². The van der Waals surface area contributed by atoms with Crippen LogP contribution >= 0.6 is 0 Å². The van der Waals surface area contributed by atoms with Crippen LogP contribution in [0.15, 0.2) is 109 Å². The van der Waals surface area contributed by atoms with Gasteiger partial charge >= 0.3 is 17.9 Å². The monoisotopic (exact) mass is 1100 g/mol. The number of allylic oxidation sites excluding steroid dienone is 18. The Bertz CT molecular complexity index is 1590. The highest BCUT2D eigenvalue weighted by Crippen LogP contribution is 2.16. The predicted molar refractivity (Wildman–Crippen MR) is 343 cm³/mol. The molecule has 0 fully saturated rings. The summed E-state index contributed by atoms with van der Waals surface area (Å²) in [5.41, 5.74) is 0. The molecule has 0 aliphatic carbocycles. The number of hydrogen-bond acceptors (Lipinski definition) is 6. The van der Waals surface area contributed by atoms with Crippen molar-refractivity contribution in [3.63, 3.8) is 0 Å². The van der Waals surface area contributed by atoms with E-state index in [1.165, 1.54) is 154 Å². The smallest absolute Gasteiger partial charge is 0.306 e. The molecule has 1 unspecified atom stereocenters. The van der Waals surface area contributed by atoms with Gasteiger partial charge in [0.15, 0.2) is 6.10 Å². The molecular weight excluding hydrogens is 973 g/mol. The molecule has 452 valence electrons. The molecule has 0 heterocycles. The first-order valence-corrected chi connectivity index (χ1v) is 33.4. The lowest BCUT2D eigenvalue weighted by molar-refractivity contribution is -0.167. The van der Waals surface area contributed by atoms with E-state index < -0.39 is 6.10 Å². The molecule has 0 N–H and O–H groups in total. The van der Waals surface area contributed by atoms with Gasteiger partial charge in [-0.15, -0.1) is 0 Å². The molecule has 0 spiro atoms. The summed E-state index contributed by atoms with van der Waals surface area (Å²) < 4.78 is 17.0. The minimum Gasteiger partial charge on any atom is -0.462 e. The van der Waals surface area contributed by atoms with Crippen molar-refractivity contribution in [2.45, 2.75) is 322 Å². The Balaban J connectivity index is 4.42. The second-order valence-electron chi connectivity index (χ2n) is 22.0. The molecule has 0 radical (unpaired) electrons. The molecule has 0 amide bonds. The van der Waals surface area contributed by atoms with E-state index in [4.69, 9.17) is 14.2 Å². The Morgan fingerprint density at radius 2 is 0.494 bits per heavy atom. The fourth-order valence-corrected chi connectivity index (χ4v) is 9.24. The maximum absolute atomic E-state index is 12.9. The van der Waals surface area contributed by atoms with E-state index in [2.05, 4.69) is 130 Å². The van der Waals surface area contributed by atoms with Crippen LogP contribution in [0.1, 0.15) is 316 Å². The van der Waals surface area contributed by atoms with E-state index in [-0.39, 0.29) is 31.1 Å². The van der Waals surface area contributed by atoms with Crippen molar-refractivity contribution in [3.05, 3.63) is 109 Å². The van der Waals surface area contributed by atoms with Crippen molar-refractivity contribution < 1.29 is 28.6 Å². The third-order valence-corrected chi connectivity index (χ3v) is 14.2. The average Bonchev–Trinajstić information content (AvgIpc) is 3.45. The summed E-state index contributed by atoms with van der Waals surface area (Å²) in [6, 6.07) is 0. The predicted octanol–water partition coefficient (Wildman–Crippen LogP) is 23.0. The molecule has 0 aromatic rings. The van der Waals surface area contributed by atoms with E-state index >= 15 is 0 Å². The third kappa shape index (κ3) is 64.8. The summed E-state index contributed by atoms with van der Waals surface area (Å²) in [7, 11) is 0.